The molecule has 0 aliphatic rings. The maximum atomic E-state index is 13.5. The van der Waals surface area contributed by atoms with Crippen LogP contribution >= 0.6 is 8.60 Å². The lowest BCUT2D eigenvalue weighted by Crippen LogP contribution is -2.25. The van der Waals surface area contributed by atoms with Crippen molar-refractivity contribution >= 4 is 20.2 Å². The number of hydrogen-bond acceptors (Lipinski definition) is 6. The number of anilines is 1. The van der Waals surface area contributed by atoms with Crippen molar-refractivity contribution in [3.8, 4) is 11.5 Å². The summed E-state index contributed by atoms with van der Waals surface area (Å²) in [5.74, 6) is -1.52. The van der Waals surface area contributed by atoms with Gasteiger partial charge in [-0.2, -0.15) is 13.2 Å². The van der Waals surface area contributed by atoms with Gasteiger partial charge in [-0.15, -0.1) is 0 Å². The summed E-state index contributed by atoms with van der Waals surface area (Å²) in [4.78, 5) is 25.9. The highest BCUT2D eigenvalue weighted by atomic mass is 31.2. The first kappa shape index (κ1) is 33.2. The molecule has 3 rings (SSSR count). The van der Waals surface area contributed by atoms with E-state index in [0.717, 1.165) is 24.3 Å². The van der Waals surface area contributed by atoms with Gasteiger partial charge in [0.05, 0.1) is 22.3 Å². The number of nitrogens with one attached hydrogen (secondary N) is 1. The van der Waals surface area contributed by atoms with E-state index in [4.69, 9.17) is 18.3 Å². The molecule has 13 heteroatoms. The standard InChI is InChI=1S/C29H33F4N2O6P/c1-18-14-20(30)9-11-23(18)39-24-10-8-19(29(31,32)33)15-22(24)26(37)34-21-12-13-35(25(36)16-21)17-38-42(40-27(2,3)4)41-28(5,6)7/h8-16H,17H2,1-7H3,(H,34,37). The first-order valence-electron chi connectivity index (χ1n) is 12.8. The van der Waals surface area contributed by atoms with Crippen molar-refractivity contribution in [1.29, 1.82) is 0 Å². The predicted molar refractivity (Wildman–Crippen MR) is 151 cm³/mol. The van der Waals surface area contributed by atoms with E-state index in [1.807, 2.05) is 41.5 Å². The van der Waals surface area contributed by atoms with Crippen molar-refractivity contribution in [3.05, 3.63) is 87.6 Å². The summed E-state index contributed by atoms with van der Waals surface area (Å²) in [6.07, 6.45) is -3.38. The fourth-order valence-corrected chi connectivity index (χ4v) is 4.59. The fraction of sp³-hybridized carbons (Fsp3) is 0.379. The number of hydrogen-bond donors (Lipinski definition) is 1. The van der Waals surface area contributed by atoms with Gasteiger partial charge in [-0.25, -0.2) is 4.39 Å². The molecule has 0 saturated carbocycles. The lowest BCUT2D eigenvalue weighted by atomic mass is 10.1. The number of carbonyl (C=O) groups is 1. The molecule has 1 N–H and O–H groups in total. The van der Waals surface area contributed by atoms with Crippen LogP contribution in [-0.2, 0) is 26.5 Å². The van der Waals surface area contributed by atoms with Crippen LogP contribution in [0.2, 0.25) is 0 Å². The quantitative estimate of drug-likeness (QED) is 0.194. The zero-order chi connectivity index (χ0) is 31.5. The molecule has 0 bridgehead atoms. The number of carbonyl (C=O) groups excluding carboxylic acids is 1. The van der Waals surface area contributed by atoms with E-state index in [2.05, 4.69) is 5.32 Å². The Morgan fingerprint density at radius 1 is 0.905 bits per heavy atom. The second-order valence-corrected chi connectivity index (χ2v) is 12.4. The molecule has 0 aliphatic heterocycles. The third-order valence-electron chi connectivity index (χ3n) is 5.16. The minimum atomic E-state index is -4.73. The van der Waals surface area contributed by atoms with E-state index in [1.165, 1.54) is 29.0 Å². The number of amides is 1. The molecule has 2 aromatic carbocycles. The van der Waals surface area contributed by atoms with Crippen molar-refractivity contribution in [2.75, 3.05) is 5.32 Å². The van der Waals surface area contributed by atoms with E-state index in [-0.39, 0.29) is 23.9 Å². The van der Waals surface area contributed by atoms with Gasteiger partial charge in [-0.05, 0) is 96.5 Å². The summed E-state index contributed by atoms with van der Waals surface area (Å²) in [6, 6.07) is 8.52. The molecule has 42 heavy (non-hydrogen) atoms. The van der Waals surface area contributed by atoms with Gasteiger partial charge >= 0.3 is 14.8 Å². The average molecular weight is 613 g/mol. The van der Waals surface area contributed by atoms with Crippen molar-refractivity contribution in [2.45, 2.75) is 72.6 Å². The summed E-state index contributed by atoms with van der Waals surface area (Å²) >= 11 is 0. The molecule has 0 aliphatic carbocycles. The van der Waals surface area contributed by atoms with Crippen molar-refractivity contribution in [3.63, 3.8) is 0 Å². The second kappa shape index (κ2) is 12.9. The lowest BCUT2D eigenvalue weighted by Gasteiger charge is -2.30. The van der Waals surface area contributed by atoms with Crippen LogP contribution in [0, 0.1) is 12.7 Å². The van der Waals surface area contributed by atoms with Crippen LogP contribution in [0.25, 0.3) is 0 Å². The molecule has 1 amide bonds. The monoisotopic (exact) mass is 612 g/mol. The molecule has 228 valence electrons. The highest BCUT2D eigenvalue weighted by molar-refractivity contribution is 7.41. The Kier molecular flexibility index (Phi) is 10.2. The first-order chi connectivity index (χ1) is 19.3. The highest BCUT2D eigenvalue weighted by Gasteiger charge is 2.32. The Morgan fingerprint density at radius 2 is 1.52 bits per heavy atom. The minimum absolute atomic E-state index is 0.0294. The largest absolute Gasteiger partial charge is 0.456 e. The number of ether oxygens (including phenoxy) is 1. The smallest absolute Gasteiger partial charge is 0.416 e. The van der Waals surface area contributed by atoms with Crippen molar-refractivity contribution in [1.82, 2.24) is 4.57 Å². The summed E-state index contributed by atoms with van der Waals surface area (Å²) < 4.78 is 78.2. The highest BCUT2D eigenvalue weighted by Crippen LogP contribution is 2.47. The van der Waals surface area contributed by atoms with Crippen LogP contribution in [0.1, 0.15) is 63.0 Å². The topological polar surface area (TPSA) is 88.0 Å². The maximum absolute atomic E-state index is 13.5. The van der Waals surface area contributed by atoms with E-state index >= 15 is 0 Å². The molecule has 0 radical (unpaired) electrons. The number of aromatic nitrogens is 1. The van der Waals surface area contributed by atoms with Crippen molar-refractivity contribution in [2.24, 2.45) is 0 Å². The van der Waals surface area contributed by atoms with Gasteiger partial charge in [-0.3, -0.25) is 18.7 Å². The minimum Gasteiger partial charge on any atom is -0.456 e. The number of benzene rings is 2. The maximum Gasteiger partial charge on any atom is 0.416 e. The Bertz CT molecular complexity index is 1460. The van der Waals surface area contributed by atoms with Crippen LogP contribution in [-0.4, -0.2) is 21.7 Å². The molecular formula is C29H33F4N2O6P. The van der Waals surface area contributed by atoms with Gasteiger partial charge in [-0.1, -0.05) is 0 Å². The van der Waals surface area contributed by atoms with Crippen LogP contribution in [0.15, 0.2) is 59.5 Å². The third kappa shape index (κ3) is 9.90. The van der Waals surface area contributed by atoms with Gasteiger partial charge in [0, 0.05) is 18.0 Å². The fourth-order valence-electron chi connectivity index (χ4n) is 3.34. The number of aryl methyl sites for hydroxylation is 1. The number of pyridine rings is 1. The van der Waals surface area contributed by atoms with E-state index in [1.54, 1.807) is 6.92 Å². The number of nitrogens with zero attached hydrogens (tertiary/aromatic N) is 1. The summed E-state index contributed by atoms with van der Waals surface area (Å²) in [5, 5.41) is 2.44. The Hall–Kier alpha value is -3.31. The number of alkyl halides is 3. The summed E-state index contributed by atoms with van der Waals surface area (Å²) in [5.41, 5.74) is -2.82. The van der Waals surface area contributed by atoms with Gasteiger partial charge in [0.15, 0.2) is 0 Å². The normalized spacial score (nSPS) is 12.5. The summed E-state index contributed by atoms with van der Waals surface area (Å²) in [7, 11) is -1.82. The Labute approximate surface area is 242 Å². The Morgan fingerprint density at radius 3 is 2.07 bits per heavy atom. The lowest BCUT2D eigenvalue weighted by molar-refractivity contribution is -0.137. The zero-order valence-corrected chi connectivity index (χ0v) is 25.2. The third-order valence-corrected chi connectivity index (χ3v) is 6.88. The Balaban J connectivity index is 1.82. The molecule has 0 saturated heterocycles. The van der Waals surface area contributed by atoms with Gasteiger partial charge in [0.1, 0.15) is 24.0 Å². The first-order valence-corrected chi connectivity index (χ1v) is 13.9. The molecule has 0 spiro atoms. The molecule has 0 unspecified atom stereocenters. The number of halogens is 4. The SMILES string of the molecule is Cc1cc(F)ccc1Oc1ccc(C(F)(F)F)cc1C(=O)Nc1ccn(COP(OC(C)(C)C)OC(C)(C)C)c(=O)c1. The molecule has 0 fully saturated rings. The second-order valence-electron chi connectivity index (χ2n) is 11.3. The van der Waals surface area contributed by atoms with Gasteiger partial charge in [0.2, 0.25) is 0 Å². The molecule has 0 atom stereocenters. The van der Waals surface area contributed by atoms with Crippen LogP contribution < -0.4 is 15.6 Å². The van der Waals surface area contributed by atoms with Crippen LogP contribution in [0.3, 0.4) is 0 Å². The van der Waals surface area contributed by atoms with Gasteiger partial charge < -0.3 is 19.1 Å². The van der Waals surface area contributed by atoms with E-state index in [0.29, 0.717) is 11.6 Å². The predicted octanol–water partition coefficient (Wildman–Crippen LogP) is 8.19. The number of rotatable bonds is 9. The van der Waals surface area contributed by atoms with E-state index in [9.17, 15) is 27.2 Å². The zero-order valence-electron chi connectivity index (χ0n) is 24.3. The molecular weight excluding hydrogens is 579 g/mol. The molecule has 3 aromatic rings. The molecule has 8 nitrogen and oxygen atoms in total. The average Bonchev–Trinajstić information content (AvgIpc) is 2.82. The van der Waals surface area contributed by atoms with Gasteiger partial charge in [0.25, 0.3) is 11.5 Å². The summed E-state index contributed by atoms with van der Waals surface area (Å²) in [6.45, 7) is 12.4. The van der Waals surface area contributed by atoms with Crippen LogP contribution in [0.5, 0.6) is 11.5 Å². The van der Waals surface area contributed by atoms with E-state index < -0.39 is 54.4 Å². The molecule has 1 heterocycles. The van der Waals surface area contributed by atoms with Crippen LogP contribution in [0.4, 0.5) is 23.2 Å². The van der Waals surface area contributed by atoms with Crippen molar-refractivity contribution < 1.29 is 40.7 Å². The molecule has 1 aromatic heterocycles.